The molecular weight excluding hydrogens is 231 g/mol. The van der Waals surface area contributed by atoms with E-state index in [-0.39, 0.29) is 51.4 Å². The molecule has 1 aromatic rings. The first-order valence-electron chi connectivity index (χ1n) is 3.59. The molecule has 0 saturated heterocycles. The molecule has 0 spiro atoms. The van der Waals surface area contributed by atoms with Crippen molar-refractivity contribution in [2.24, 2.45) is 0 Å². The Morgan fingerprint density at radius 2 is 1.79 bits per heavy atom. The quantitative estimate of drug-likeness (QED) is 0.451. The summed E-state index contributed by atoms with van der Waals surface area (Å²) in [6.45, 7) is 3.27. The van der Waals surface area contributed by atoms with E-state index in [1.807, 2.05) is 0 Å². The van der Waals surface area contributed by atoms with Crippen molar-refractivity contribution in [3.05, 3.63) is 23.3 Å². The SMILES string of the molecule is Cc1ccc(S(=O)(=O)[O-])c(O)c1C.[K+]. The van der Waals surface area contributed by atoms with Crippen molar-refractivity contribution in [1.29, 1.82) is 0 Å². The normalized spacial score (nSPS) is 10.8. The van der Waals surface area contributed by atoms with Crippen LogP contribution in [0.15, 0.2) is 17.0 Å². The minimum Gasteiger partial charge on any atom is -0.744 e. The first-order chi connectivity index (χ1) is 5.84. The summed E-state index contributed by atoms with van der Waals surface area (Å²) in [7, 11) is -4.57. The van der Waals surface area contributed by atoms with Gasteiger partial charge < -0.3 is 9.66 Å². The number of hydrogen-bond donors (Lipinski definition) is 1. The van der Waals surface area contributed by atoms with E-state index in [0.29, 0.717) is 5.56 Å². The molecule has 0 unspecified atom stereocenters. The Kier molecular flexibility index (Phi) is 5.27. The molecule has 0 aliphatic rings. The first-order valence-corrected chi connectivity index (χ1v) is 5.00. The molecule has 14 heavy (non-hydrogen) atoms. The van der Waals surface area contributed by atoms with Gasteiger partial charge in [0.1, 0.15) is 15.9 Å². The van der Waals surface area contributed by atoms with E-state index >= 15 is 0 Å². The molecule has 4 nitrogen and oxygen atoms in total. The van der Waals surface area contributed by atoms with Gasteiger partial charge >= 0.3 is 51.4 Å². The fourth-order valence-corrected chi connectivity index (χ4v) is 1.60. The molecule has 0 aromatic heterocycles. The average molecular weight is 240 g/mol. The van der Waals surface area contributed by atoms with Gasteiger partial charge in [0.15, 0.2) is 0 Å². The van der Waals surface area contributed by atoms with E-state index in [1.165, 1.54) is 6.07 Å². The van der Waals surface area contributed by atoms with Crippen LogP contribution < -0.4 is 51.4 Å². The number of hydrogen-bond acceptors (Lipinski definition) is 4. The Morgan fingerprint density at radius 1 is 1.29 bits per heavy atom. The monoisotopic (exact) mass is 240 g/mol. The van der Waals surface area contributed by atoms with Crippen LogP contribution in [0, 0.1) is 13.8 Å². The number of aryl methyl sites for hydroxylation is 1. The Balaban J connectivity index is 0.00000169. The molecule has 0 aliphatic heterocycles. The van der Waals surface area contributed by atoms with Crippen LogP contribution in [0.25, 0.3) is 0 Å². The van der Waals surface area contributed by atoms with Gasteiger partial charge in [-0.15, -0.1) is 0 Å². The van der Waals surface area contributed by atoms with Crippen LogP contribution in [-0.2, 0) is 10.1 Å². The topological polar surface area (TPSA) is 77.4 Å². The minimum absolute atomic E-state index is 0. The summed E-state index contributed by atoms with van der Waals surface area (Å²) in [5, 5.41) is 9.33. The van der Waals surface area contributed by atoms with Crippen molar-refractivity contribution < 1.29 is 69.5 Å². The maximum Gasteiger partial charge on any atom is 1.00 e. The van der Waals surface area contributed by atoms with Gasteiger partial charge in [0.2, 0.25) is 0 Å². The van der Waals surface area contributed by atoms with Crippen molar-refractivity contribution in [2.75, 3.05) is 0 Å². The van der Waals surface area contributed by atoms with Crippen molar-refractivity contribution in [2.45, 2.75) is 18.7 Å². The summed E-state index contributed by atoms with van der Waals surface area (Å²) >= 11 is 0. The molecule has 72 valence electrons. The maximum absolute atomic E-state index is 10.6. The third-order valence-electron chi connectivity index (χ3n) is 1.93. The molecule has 0 saturated carbocycles. The minimum atomic E-state index is -4.57. The first kappa shape index (κ1) is 14.6. The molecular formula is C8H9KO4S. The number of phenols is 1. The summed E-state index contributed by atoms with van der Waals surface area (Å²) in [6.07, 6.45) is 0. The molecule has 1 rings (SSSR count). The smallest absolute Gasteiger partial charge is 0.744 e. The molecule has 0 fully saturated rings. The van der Waals surface area contributed by atoms with E-state index < -0.39 is 20.8 Å². The number of aromatic hydroxyl groups is 1. The molecule has 0 bridgehead atoms. The fourth-order valence-electron chi connectivity index (χ4n) is 0.978. The van der Waals surface area contributed by atoms with Gasteiger partial charge in [0.25, 0.3) is 0 Å². The second-order valence-corrected chi connectivity index (χ2v) is 4.16. The van der Waals surface area contributed by atoms with E-state index in [9.17, 15) is 18.1 Å². The molecule has 1 N–H and O–H groups in total. The molecule has 0 aliphatic carbocycles. The maximum atomic E-state index is 10.6. The zero-order chi connectivity index (χ0) is 10.2. The molecule has 6 heteroatoms. The van der Waals surface area contributed by atoms with Crippen LogP contribution in [0.2, 0.25) is 0 Å². The van der Waals surface area contributed by atoms with Gasteiger partial charge in [0.05, 0.1) is 4.90 Å². The van der Waals surface area contributed by atoms with Crippen LogP contribution in [0.5, 0.6) is 5.75 Å². The van der Waals surface area contributed by atoms with Crippen molar-refractivity contribution >= 4 is 10.1 Å². The third kappa shape index (κ3) is 3.03. The summed E-state index contributed by atoms with van der Waals surface area (Å²) in [5.74, 6) is -0.449. The Hall–Kier alpha value is 0.566. The van der Waals surface area contributed by atoms with Gasteiger partial charge in [-0.2, -0.15) is 0 Å². The molecule has 0 atom stereocenters. The number of benzene rings is 1. The van der Waals surface area contributed by atoms with Gasteiger partial charge in [-0.25, -0.2) is 8.42 Å². The van der Waals surface area contributed by atoms with Gasteiger partial charge in [0, 0.05) is 0 Å². The average Bonchev–Trinajstić information content (AvgIpc) is 1.98. The molecule has 1 aromatic carbocycles. The van der Waals surface area contributed by atoms with Crippen molar-refractivity contribution in [1.82, 2.24) is 0 Å². The van der Waals surface area contributed by atoms with E-state index in [1.54, 1.807) is 13.8 Å². The van der Waals surface area contributed by atoms with Crippen LogP contribution in [0.4, 0.5) is 0 Å². The van der Waals surface area contributed by atoms with E-state index in [4.69, 9.17) is 0 Å². The van der Waals surface area contributed by atoms with Gasteiger partial charge in [-0.05, 0) is 31.0 Å². The predicted molar refractivity (Wildman–Crippen MR) is 45.5 cm³/mol. The molecule has 0 amide bonds. The Labute approximate surface area is 126 Å². The van der Waals surface area contributed by atoms with Crippen LogP contribution in [0.3, 0.4) is 0 Å². The zero-order valence-corrected chi connectivity index (χ0v) is 12.2. The van der Waals surface area contributed by atoms with Crippen LogP contribution >= 0.6 is 0 Å². The van der Waals surface area contributed by atoms with E-state index in [2.05, 4.69) is 0 Å². The van der Waals surface area contributed by atoms with Gasteiger partial charge in [-0.3, -0.25) is 0 Å². The third-order valence-corrected chi connectivity index (χ3v) is 2.80. The second kappa shape index (κ2) is 5.06. The number of rotatable bonds is 1. The standard InChI is InChI=1S/C8H10O4S.K/c1-5-3-4-7(13(10,11)12)8(9)6(5)2;/h3-4,9H,1-2H3,(H,10,11,12);/q;+1/p-1. The predicted octanol–water partition coefficient (Wildman–Crippen LogP) is -2.08. The zero-order valence-electron chi connectivity index (χ0n) is 8.23. The number of phenolic OH excluding ortho intramolecular Hbond substituents is 1. The second-order valence-electron chi connectivity index (χ2n) is 2.81. The summed E-state index contributed by atoms with van der Waals surface area (Å²) < 4.78 is 31.8. The molecule has 0 radical (unpaired) electrons. The van der Waals surface area contributed by atoms with Gasteiger partial charge in [-0.1, -0.05) is 6.07 Å². The molecule has 0 heterocycles. The Morgan fingerprint density at radius 3 is 2.21 bits per heavy atom. The largest absolute Gasteiger partial charge is 1.00 e. The Bertz CT molecular complexity index is 439. The fraction of sp³-hybridized carbons (Fsp3) is 0.250. The van der Waals surface area contributed by atoms with Crippen molar-refractivity contribution in [3.63, 3.8) is 0 Å². The van der Waals surface area contributed by atoms with Crippen LogP contribution in [-0.4, -0.2) is 18.1 Å². The van der Waals surface area contributed by atoms with Crippen LogP contribution in [0.1, 0.15) is 11.1 Å². The summed E-state index contributed by atoms with van der Waals surface area (Å²) in [6, 6.07) is 2.60. The van der Waals surface area contributed by atoms with Crippen molar-refractivity contribution in [3.8, 4) is 5.75 Å². The van der Waals surface area contributed by atoms with E-state index in [0.717, 1.165) is 11.6 Å². The summed E-state index contributed by atoms with van der Waals surface area (Å²) in [5.41, 5.74) is 1.15. The summed E-state index contributed by atoms with van der Waals surface area (Å²) in [4.78, 5) is -0.560.